The molecule has 0 atom stereocenters. The van der Waals surface area contributed by atoms with Crippen LogP contribution in [0, 0.1) is 10.1 Å². The number of rotatable bonds is 5. The number of hydrogen-bond acceptors (Lipinski definition) is 6. The Morgan fingerprint density at radius 1 is 1.35 bits per heavy atom. The van der Waals surface area contributed by atoms with Gasteiger partial charge in [0, 0.05) is 42.3 Å². The molecule has 1 aromatic carbocycles. The second-order valence-electron chi connectivity index (χ2n) is 3.99. The number of nitro benzene ring substituents is 1. The van der Waals surface area contributed by atoms with E-state index in [0.29, 0.717) is 6.54 Å². The van der Waals surface area contributed by atoms with E-state index in [-0.39, 0.29) is 16.9 Å². The number of nitrogens with zero attached hydrogens (tertiary/aromatic N) is 2. The van der Waals surface area contributed by atoms with Gasteiger partial charge in [-0.05, 0) is 17.7 Å². The van der Waals surface area contributed by atoms with Crippen molar-refractivity contribution in [3.8, 4) is 0 Å². The zero-order chi connectivity index (χ0) is 14.5. The number of pyridine rings is 1. The number of non-ortho nitro benzene ring substituents is 1. The highest BCUT2D eigenvalue weighted by atomic mass is 16.6. The second-order valence-corrected chi connectivity index (χ2v) is 3.99. The number of carboxylic acids is 1. The molecule has 1 heterocycles. The van der Waals surface area contributed by atoms with Gasteiger partial charge in [0.15, 0.2) is 0 Å². The van der Waals surface area contributed by atoms with E-state index in [1.807, 2.05) is 6.07 Å². The summed E-state index contributed by atoms with van der Waals surface area (Å²) in [4.78, 5) is 24.9. The Kier molecular flexibility index (Phi) is 3.90. The van der Waals surface area contributed by atoms with Gasteiger partial charge in [-0.3, -0.25) is 15.1 Å². The van der Waals surface area contributed by atoms with E-state index in [1.54, 1.807) is 18.5 Å². The molecule has 0 saturated carbocycles. The third-order valence-corrected chi connectivity index (χ3v) is 2.64. The van der Waals surface area contributed by atoms with Gasteiger partial charge in [0.05, 0.1) is 10.9 Å². The number of nitrogens with one attached hydrogen (secondary N) is 1. The predicted octanol–water partition coefficient (Wildman–Crippen LogP) is 0.965. The first-order valence-electron chi connectivity index (χ1n) is 5.70. The van der Waals surface area contributed by atoms with Crippen LogP contribution in [0.3, 0.4) is 0 Å². The van der Waals surface area contributed by atoms with Crippen LogP contribution in [0.15, 0.2) is 42.7 Å². The maximum atomic E-state index is 11.0. The molecule has 7 nitrogen and oxygen atoms in total. The molecule has 0 saturated heterocycles. The van der Waals surface area contributed by atoms with Crippen LogP contribution < -0.4 is 10.4 Å². The number of aromatic carboxylic acids is 1. The third-order valence-electron chi connectivity index (χ3n) is 2.64. The molecule has 0 aliphatic rings. The number of carbonyl (C=O) groups is 1. The molecule has 20 heavy (non-hydrogen) atoms. The molecule has 0 aliphatic heterocycles. The number of benzene rings is 1. The molecule has 1 aromatic heterocycles. The van der Waals surface area contributed by atoms with Crippen LogP contribution >= 0.6 is 0 Å². The van der Waals surface area contributed by atoms with Crippen LogP contribution in [-0.4, -0.2) is 15.9 Å². The average molecular weight is 272 g/mol. The quantitative estimate of drug-likeness (QED) is 0.641. The predicted molar refractivity (Wildman–Crippen MR) is 69.0 cm³/mol. The van der Waals surface area contributed by atoms with E-state index in [4.69, 9.17) is 0 Å². The van der Waals surface area contributed by atoms with Crippen molar-refractivity contribution in [3.63, 3.8) is 0 Å². The van der Waals surface area contributed by atoms with Gasteiger partial charge >= 0.3 is 0 Å². The Balaban J connectivity index is 2.23. The van der Waals surface area contributed by atoms with Crippen molar-refractivity contribution in [3.05, 3.63) is 64.0 Å². The number of aromatic nitrogens is 1. The van der Waals surface area contributed by atoms with Gasteiger partial charge in [0.2, 0.25) is 0 Å². The van der Waals surface area contributed by atoms with Gasteiger partial charge in [-0.1, -0.05) is 6.07 Å². The van der Waals surface area contributed by atoms with Gasteiger partial charge in [-0.25, -0.2) is 0 Å². The zero-order valence-electron chi connectivity index (χ0n) is 10.3. The Morgan fingerprint density at radius 3 is 2.75 bits per heavy atom. The fourth-order valence-electron chi connectivity index (χ4n) is 1.67. The minimum atomic E-state index is -1.47. The molecule has 2 rings (SSSR count). The number of nitro groups is 1. The van der Waals surface area contributed by atoms with Crippen LogP contribution in [0.25, 0.3) is 0 Å². The first kappa shape index (κ1) is 13.5. The van der Waals surface area contributed by atoms with Crippen LogP contribution in [-0.2, 0) is 6.54 Å². The molecule has 0 spiro atoms. The van der Waals surface area contributed by atoms with Crippen molar-refractivity contribution in [1.82, 2.24) is 4.98 Å². The summed E-state index contributed by atoms with van der Waals surface area (Å²) in [6.45, 7) is 0.353. The summed E-state index contributed by atoms with van der Waals surface area (Å²) in [6.07, 6.45) is 3.26. The summed E-state index contributed by atoms with van der Waals surface area (Å²) in [7, 11) is 0. The van der Waals surface area contributed by atoms with Gasteiger partial charge in [-0.15, -0.1) is 0 Å². The minimum Gasteiger partial charge on any atom is -0.545 e. The molecule has 0 amide bonds. The average Bonchev–Trinajstić information content (AvgIpc) is 2.45. The minimum absolute atomic E-state index is 0.247. The van der Waals surface area contributed by atoms with Gasteiger partial charge in [0.25, 0.3) is 5.69 Å². The Hall–Kier alpha value is -2.96. The summed E-state index contributed by atoms with van der Waals surface area (Å²) in [6, 6.07) is 7.13. The molecule has 0 aliphatic carbocycles. The highest BCUT2D eigenvalue weighted by molar-refractivity contribution is 5.93. The van der Waals surface area contributed by atoms with Crippen molar-refractivity contribution in [2.45, 2.75) is 6.54 Å². The van der Waals surface area contributed by atoms with E-state index in [9.17, 15) is 20.0 Å². The van der Waals surface area contributed by atoms with Crippen LogP contribution in [0.5, 0.6) is 0 Å². The highest BCUT2D eigenvalue weighted by Gasteiger charge is 2.11. The topological polar surface area (TPSA) is 108 Å². The maximum absolute atomic E-state index is 11.0. The lowest BCUT2D eigenvalue weighted by atomic mass is 10.1. The van der Waals surface area contributed by atoms with E-state index >= 15 is 0 Å². The summed E-state index contributed by atoms with van der Waals surface area (Å²) >= 11 is 0. The summed E-state index contributed by atoms with van der Waals surface area (Å²) in [5.74, 6) is -1.47. The first-order valence-corrected chi connectivity index (χ1v) is 5.70. The first-order chi connectivity index (χ1) is 9.58. The van der Waals surface area contributed by atoms with Crippen LogP contribution in [0.2, 0.25) is 0 Å². The van der Waals surface area contributed by atoms with E-state index in [1.165, 1.54) is 12.1 Å². The number of carbonyl (C=O) groups excluding carboxylic acids is 1. The largest absolute Gasteiger partial charge is 0.545 e. The second kappa shape index (κ2) is 5.79. The standard InChI is InChI=1S/C13H11N3O4/c17-13(18)11-6-10(16(19)20)3-4-12(11)15-8-9-2-1-5-14-7-9/h1-7,15H,8H2,(H,17,18)/p-1. The Bertz CT molecular complexity index is 643. The lowest BCUT2D eigenvalue weighted by molar-refractivity contribution is -0.385. The summed E-state index contributed by atoms with van der Waals surface area (Å²) in [5, 5.41) is 24.5. The number of hydrogen-bond donors (Lipinski definition) is 1. The smallest absolute Gasteiger partial charge is 0.270 e. The van der Waals surface area contributed by atoms with E-state index in [2.05, 4.69) is 10.3 Å². The molecular weight excluding hydrogens is 262 g/mol. The summed E-state index contributed by atoms with van der Waals surface area (Å²) < 4.78 is 0. The van der Waals surface area contributed by atoms with Crippen LogP contribution in [0.1, 0.15) is 15.9 Å². The van der Waals surface area contributed by atoms with Crippen molar-refractivity contribution in [2.75, 3.05) is 5.32 Å². The Morgan fingerprint density at radius 2 is 2.15 bits per heavy atom. The molecule has 102 valence electrons. The van der Waals surface area contributed by atoms with Gasteiger partial charge in [0.1, 0.15) is 0 Å². The molecule has 0 fully saturated rings. The van der Waals surface area contributed by atoms with Crippen LogP contribution in [0.4, 0.5) is 11.4 Å². The van der Waals surface area contributed by atoms with Crippen molar-refractivity contribution in [2.24, 2.45) is 0 Å². The molecular formula is C13H10N3O4-. The molecule has 0 unspecified atom stereocenters. The van der Waals surface area contributed by atoms with Crippen molar-refractivity contribution < 1.29 is 14.8 Å². The van der Waals surface area contributed by atoms with Gasteiger partial charge in [-0.2, -0.15) is 0 Å². The molecule has 1 N–H and O–H groups in total. The fourth-order valence-corrected chi connectivity index (χ4v) is 1.67. The normalized spacial score (nSPS) is 10.0. The lowest BCUT2D eigenvalue weighted by Crippen LogP contribution is -2.23. The van der Waals surface area contributed by atoms with E-state index in [0.717, 1.165) is 11.6 Å². The number of anilines is 1. The summed E-state index contributed by atoms with van der Waals surface area (Å²) in [5.41, 5.74) is 0.578. The van der Waals surface area contributed by atoms with Crippen molar-refractivity contribution in [1.29, 1.82) is 0 Å². The number of carboxylic acid groups (broad SMARTS) is 1. The maximum Gasteiger partial charge on any atom is 0.270 e. The molecule has 7 heteroatoms. The van der Waals surface area contributed by atoms with Crippen molar-refractivity contribution >= 4 is 17.3 Å². The Labute approximate surface area is 114 Å². The molecule has 2 aromatic rings. The lowest BCUT2D eigenvalue weighted by Gasteiger charge is -2.12. The monoisotopic (exact) mass is 272 g/mol. The third kappa shape index (κ3) is 3.08. The van der Waals surface area contributed by atoms with E-state index < -0.39 is 10.9 Å². The molecule has 0 bridgehead atoms. The van der Waals surface area contributed by atoms with Gasteiger partial charge < -0.3 is 15.2 Å². The highest BCUT2D eigenvalue weighted by Crippen LogP contribution is 2.22. The molecule has 0 radical (unpaired) electrons. The fraction of sp³-hybridized carbons (Fsp3) is 0.0769. The zero-order valence-corrected chi connectivity index (χ0v) is 10.3. The SMILES string of the molecule is O=C([O-])c1cc([N+](=O)[O-])ccc1NCc1cccnc1.